The van der Waals surface area contributed by atoms with Gasteiger partial charge in [-0.3, -0.25) is 14.6 Å². The highest BCUT2D eigenvalue weighted by molar-refractivity contribution is 6.31. The third-order valence-corrected chi connectivity index (χ3v) is 5.58. The van der Waals surface area contributed by atoms with Crippen molar-refractivity contribution in [3.8, 4) is 5.75 Å². The lowest BCUT2D eigenvalue weighted by Gasteiger charge is -2.21. The van der Waals surface area contributed by atoms with Crippen LogP contribution in [-0.4, -0.2) is 36.9 Å². The summed E-state index contributed by atoms with van der Waals surface area (Å²) in [4.78, 5) is 28.4. The SMILES string of the molecule is NC(=O)c1cc(Cl)ccc1NC(=O)c1ccc(OCCN=C2CCCCC2=C(N)C(F)(F)F)cc1. The zero-order valence-corrected chi connectivity index (χ0v) is 19.4. The summed E-state index contributed by atoms with van der Waals surface area (Å²) >= 11 is 5.87. The first kappa shape index (κ1) is 26.1. The van der Waals surface area contributed by atoms with Crippen molar-refractivity contribution in [3.05, 3.63) is 69.9 Å². The third-order valence-electron chi connectivity index (χ3n) is 5.34. The molecule has 0 bridgehead atoms. The fourth-order valence-corrected chi connectivity index (χ4v) is 3.77. The molecule has 0 radical (unpaired) electrons. The van der Waals surface area contributed by atoms with Gasteiger partial charge in [-0.1, -0.05) is 11.6 Å². The van der Waals surface area contributed by atoms with Gasteiger partial charge in [0.15, 0.2) is 0 Å². The first-order chi connectivity index (χ1) is 16.6. The molecule has 2 aromatic rings. The van der Waals surface area contributed by atoms with Gasteiger partial charge in [0.2, 0.25) is 0 Å². The van der Waals surface area contributed by atoms with Gasteiger partial charge in [-0.15, -0.1) is 0 Å². The zero-order chi connectivity index (χ0) is 25.6. The molecule has 1 aliphatic rings. The lowest BCUT2D eigenvalue weighted by atomic mass is 9.91. The van der Waals surface area contributed by atoms with Gasteiger partial charge in [0.1, 0.15) is 18.1 Å². The van der Waals surface area contributed by atoms with E-state index in [0.29, 0.717) is 34.9 Å². The van der Waals surface area contributed by atoms with E-state index in [0.717, 1.165) is 6.42 Å². The summed E-state index contributed by atoms with van der Waals surface area (Å²) in [6.45, 7) is 0.305. The van der Waals surface area contributed by atoms with E-state index in [1.807, 2.05) is 0 Å². The molecule has 1 fully saturated rings. The van der Waals surface area contributed by atoms with Gasteiger partial charge in [0.25, 0.3) is 11.8 Å². The Morgan fingerprint density at radius 1 is 1.06 bits per heavy atom. The van der Waals surface area contributed by atoms with Crippen molar-refractivity contribution in [3.63, 3.8) is 0 Å². The third kappa shape index (κ3) is 6.98. The number of benzene rings is 2. The average Bonchev–Trinajstić information content (AvgIpc) is 2.82. The van der Waals surface area contributed by atoms with Crippen LogP contribution in [-0.2, 0) is 0 Å². The number of aliphatic imine (C=N–C) groups is 1. The molecule has 0 heterocycles. The molecule has 186 valence electrons. The normalized spacial score (nSPS) is 16.6. The molecule has 5 N–H and O–H groups in total. The number of primary amides is 1. The van der Waals surface area contributed by atoms with Crippen molar-refractivity contribution in [2.45, 2.75) is 31.9 Å². The van der Waals surface area contributed by atoms with Crippen LogP contribution in [0.5, 0.6) is 5.75 Å². The minimum atomic E-state index is -4.58. The number of halogens is 4. The lowest BCUT2D eigenvalue weighted by molar-refractivity contribution is -0.0933. The number of nitrogens with one attached hydrogen (secondary N) is 1. The molecule has 1 saturated carbocycles. The van der Waals surface area contributed by atoms with Crippen molar-refractivity contribution in [1.82, 2.24) is 0 Å². The lowest BCUT2D eigenvalue weighted by Crippen LogP contribution is -2.26. The minimum Gasteiger partial charge on any atom is -0.492 e. The molecule has 2 amide bonds. The fraction of sp³-hybridized carbons (Fsp3) is 0.292. The predicted molar refractivity (Wildman–Crippen MR) is 128 cm³/mol. The molecule has 7 nitrogen and oxygen atoms in total. The molecule has 1 aliphatic carbocycles. The maximum atomic E-state index is 13.0. The molecule has 0 saturated heterocycles. The number of amides is 2. The van der Waals surface area contributed by atoms with Gasteiger partial charge in [-0.05, 0) is 68.1 Å². The van der Waals surface area contributed by atoms with Crippen molar-refractivity contribution < 1.29 is 27.5 Å². The van der Waals surface area contributed by atoms with E-state index in [9.17, 15) is 22.8 Å². The number of nitrogens with zero attached hydrogens (tertiary/aromatic N) is 1. The molecule has 2 aromatic carbocycles. The smallest absolute Gasteiger partial charge is 0.431 e. The number of nitrogens with two attached hydrogens (primary N) is 2. The van der Waals surface area contributed by atoms with Gasteiger partial charge >= 0.3 is 6.18 Å². The molecular formula is C24H24ClF3N4O3. The second kappa shape index (κ2) is 11.3. The minimum absolute atomic E-state index is 0.0688. The highest BCUT2D eigenvalue weighted by Gasteiger charge is 2.35. The Morgan fingerprint density at radius 3 is 2.40 bits per heavy atom. The topological polar surface area (TPSA) is 120 Å². The van der Waals surface area contributed by atoms with Gasteiger partial charge in [0, 0.05) is 21.9 Å². The average molecular weight is 509 g/mol. The Bertz CT molecular complexity index is 1160. The van der Waals surface area contributed by atoms with Crippen LogP contribution in [0.2, 0.25) is 5.02 Å². The number of anilines is 1. The van der Waals surface area contributed by atoms with E-state index in [4.69, 9.17) is 27.8 Å². The van der Waals surface area contributed by atoms with Crippen LogP contribution in [0.3, 0.4) is 0 Å². The first-order valence-electron chi connectivity index (χ1n) is 10.8. The van der Waals surface area contributed by atoms with E-state index in [-0.39, 0.29) is 36.4 Å². The Labute approximate surface area is 205 Å². The van der Waals surface area contributed by atoms with Crippen LogP contribution < -0.4 is 21.5 Å². The number of alkyl halides is 3. The van der Waals surface area contributed by atoms with E-state index in [1.165, 1.54) is 30.3 Å². The predicted octanol–water partition coefficient (Wildman–Crippen LogP) is 4.86. The van der Waals surface area contributed by atoms with E-state index in [2.05, 4.69) is 10.3 Å². The van der Waals surface area contributed by atoms with Crippen molar-refractivity contribution in [1.29, 1.82) is 0 Å². The number of allylic oxidation sites excluding steroid dienone is 2. The van der Waals surface area contributed by atoms with Crippen LogP contribution >= 0.6 is 11.6 Å². The van der Waals surface area contributed by atoms with Gasteiger partial charge in [-0.25, -0.2) is 0 Å². The van der Waals surface area contributed by atoms with Gasteiger partial charge in [-0.2, -0.15) is 13.2 Å². The summed E-state index contributed by atoms with van der Waals surface area (Å²) in [7, 11) is 0. The van der Waals surface area contributed by atoms with Crippen LogP contribution in [0.1, 0.15) is 46.4 Å². The van der Waals surface area contributed by atoms with Crippen molar-refractivity contribution >= 4 is 34.8 Å². The molecule has 0 aliphatic heterocycles. The zero-order valence-electron chi connectivity index (χ0n) is 18.6. The van der Waals surface area contributed by atoms with Gasteiger partial charge < -0.3 is 21.5 Å². The first-order valence-corrected chi connectivity index (χ1v) is 11.2. The number of carbonyl (C=O) groups excluding carboxylic acids is 2. The van der Waals surface area contributed by atoms with E-state index < -0.39 is 23.7 Å². The van der Waals surface area contributed by atoms with Crippen molar-refractivity contribution in [2.24, 2.45) is 16.5 Å². The molecule has 3 rings (SSSR count). The number of rotatable bonds is 7. The Morgan fingerprint density at radius 2 is 1.74 bits per heavy atom. The van der Waals surface area contributed by atoms with Crippen molar-refractivity contribution in [2.75, 3.05) is 18.5 Å². The number of hydrogen-bond acceptors (Lipinski definition) is 5. The molecule has 11 heteroatoms. The van der Waals surface area contributed by atoms with E-state index in [1.54, 1.807) is 12.1 Å². The monoisotopic (exact) mass is 508 g/mol. The largest absolute Gasteiger partial charge is 0.492 e. The molecule has 35 heavy (non-hydrogen) atoms. The molecule has 0 spiro atoms. The highest BCUT2D eigenvalue weighted by atomic mass is 35.5. The summed E-state index contributed by atoms with van der Waals surface area (Å²) < 4.78 is 44.5. The van der Waals surface area contributed by atoms with E-state index >= 15 is 0 Å². The summed E-state index contributed by atoms with van der Waals surface area (Å²) in [5, 5.41) is 2.92. The molecule has 0 aromatic heterocycles. The second-order valence-electron chi connectivity index (χ2n) is 7.81. The Balaban J connectivity index is 1.58. The summed E-state index contributed by atoms with van der Waals surface area (Å²) in [6, 6.07) is 10.6. The van der Waals surface area contributed by atoms with Gasteiger partial charge in [0.05, 0.1) is 17.8 Å². The number of hydrogen-bond donors (Lipinski definition) is 3. The maximum Gasteiger partial charge on any atom is 0.431 e. The second-order valence-corrected chi connectivity index (χ2v) is 8.24. The van der Waals surface area contributed by atoms with Crippen LogP contribution in [0.25, 0.3) is 0 Å². The maximum absolute atomic E-state index is 13.0. The standard InChI is InChI=1S/C24H24ClF3N4O3/c25-15-7-10-20(18(13-15)22(30)33)32-23(34)14-5-8-16(9-6-14)35-12-11-31-19-4-2-1-3-17(19)21(29)24(26,27)28/h5-10,13H,1-4,11-12,29H2,(H2,30,33)(H,32,34). The highest BCUT2D eigenvalue weighted by Crippen LogP contribution is 2.31. The van der Waals surface area contributed by atoms with Crippen LogP contribution in [0, 0.1) is 0 Å². The van der Waals surface area contributed by atoms with Crippen LogP contribution in [0.4, 0.5) is 18.9 Å². The molecule has 0 unspecified atom stereocenters. The summed E-state index contributed by atoms with van der Waals surface area (Å²) in [5.41, 5.74) is 10.6. The Kier molecular flexibility index (Phi) is 8.39. The Hall–Kier alpha value is -3.53. The quantitative estimate of drug-likeness (QED) is 0.462. The molecule has 0 atom stereocenters. The molecular weight excluding hydrogens is 485 g/mol. The summed E-state index contributed by atoms with van der Waals surface area (Å²) in [6.07, 6.45) is -2.47. The fourth-order valence-electron chi connectivity index (χ4n) is 3.60. The number of ether oxygens (including phenoxy) is 1. The number of carbonyl (C=O) groups is 2. The summed E-state index contributed by atoms with van der Waals surface area (Å²) in [5.74, 6) is -0.737. The van der Waals surface area contributed by atoms with Crippen LogP contribution in [0.15, 0.2) is 58.7 Å².